The molecule has 1 N–H and O–H groups in total. The number of amides is 1. The first-order valence-electron chi connectivity index (χ1n) is 7.77. The predicted octanol–water partition coefficient (Wildman–Crippen LogP) is 2.63. The van der Waals surface area contributed by atoms with Gasteiger partial charge in [-0.25, -0.2) is 0 Å². The Labute approximate surface area is 127 Å². The van der Waals surface area contributed by atoms with Crippen molar-refractivity contribution >= 4 is 5.91 Å². The molecular formula is C17H26N2O2. The zero-order chi connectivity index (χ0) is 15.4. The van der Waals surface area contributed by atoms with E-state index < -0.39 is 0 Å². The van der Waals surface area contributed by atoms with E-state index in [0.717, 1.165) is 12.0 Å². The highest BCUT2D eigenvalue weighted by Gasteiger charge is 2.38. The number of benzene rings is 1. The summed E-state index contributed by atoms with van der Waals surface area (Å²) in [7, 11) is 0. The minimum Gasteiger partial charge on any atom is -0.377 e. The van der Waals surface area contributed by atoms with Crippen molar-refractivity contribution in [1.82, 2.24) is 10.2 Å². The van der Waals surface area contributed by atoms with Crippen LogP contribution in [0.25, 0.3) is 0 Å². The first kappa shape index (κ1) is 16.0. The lowest BCUT2D eigenvalue weighted by atomic mass is 10.1. The molecule has 4 nitrogen and oxygen atoms in total. The summed E-state index contributed by atoms with van der Waals surface area (Å²) >= 11 is 0. The Morgan fingerprint density at radius 3 is 2.52 bits per heavy atom. The van der Waals surface area contributed by atoms with Gasteiger partial charge in [-0.15, -0.1) is 0 Å². The second-order valence-corrected chi connectivity index (χ2v) is 5.89. The molecule has 2 atom stereocenters. The lowest BCUT2D eigenvalue weighted by molar-refractivity contribution is -0.131. The van der Waals surface area contributed by atoms with Crippen molar-refractivity contribution in [3.8, 4) is 0 Å². The van der Waals surface area contributed by atoms with Gasteiger partial charge in [0.25, 0.3) is 0 Å². The zero-order valence-electron chi connectivity index (χ0n) is 13.4. The average Bonchev–Trinajstić information content (AvgIpc) is 2.76. The Morgan fingerprint density at radius 2 is 1.95 bits per heavy atom. The molecule has 0 aliphatic carbocycles. The van der Waals surface area contributed by atoms with Gasteiger partial charge >= 0.3 is 0 Å². The van der Waals surface area contributed by atoms with E-state index in [9.17, 15) is 4.79 Å². The van der Waals surface area contributed by atoms with Gasteiger partial charge in [0.2, 0.25) is 5.91 Å². The Hall–Kier alpha value is -1.39. The maximum atomic E-state index is 12.5. The van der Waals surface area contributed by atoms with E-state index in [2.05, 4.69) is 36.5 Å². The number of hydrogen-bond donors (Lipinski definition) is 1. The van der Waals surface area contributed by atoms with Gasteiger partial charge < -0.3 is 9.64 Å². The van der Waals surface area contributed by atoms with Crippen molar-refractivity contribution < 1.29 is 9.53 Å². The predicted molar refractivity (Wildman–Crippen MR) is 83.9 cm³/mol. The van der Waals surface area contributed by atoms with E-state index in [1.165, 1.54) is 5.56 Å². The highest BCUT2D eigenvalue weighted by atomic mass is 16.5. The number of carbonyl (C=O) groups is 1. The van der Waals surface area contributed by atoms with E-state index in [-0.39, 0.29) is 24.2 Å². The summed E-state index contributed by atoms with van der Waals surface area (Å²) in [5.41, 5.74) is 2.36. The minimum absolute atomic E-state index is 0.0428. The molecule has 21 heavy (non-hydrogen) atoms. The molecular weight excluding hydrogens is 264 g/mol. The van der Waals surface area contributed by atoms with E-state index in [4.69, 9.17) is 4.74 Å². The van der Waals surface area contributed by atoms with Crippen LogP contribution in [-0.4, -0.2) is 36.1 Å². The molecule has 1 heterocycles. The van der Waals surface area contributed by atoms with Crippen molar-refractivity contribution in [3.05, 3.63) is 35.4 Å². The number of aryl methyl sites for hydroxylation is 1. The van der Waals surface area contributed by atoms with Crippen molar-refractivity contribution in [3.63, 3.8) is 0 Å². The molecule has 1 aliphatic heterocycles. The Bertz CT molecular complexity index is 470. The summed E-state index contributed by atoms with van der Waals surface area (Å²) in [5.74, 6) is 0.176. The highest BCUT2D eigenvalue weighted by Crippen LogP contribution is 2.26. The maximum Gasteiger partial charge on any atom is 0.241 e. The van der Waals surface area contributed by atoms with E-state index >= 15 is 0 Å². The van der Waals surface area contributed by atoms with Crippen molar-refractivity contribution in [2.75, 3.05) is 13.2 Å². The molecule has 0 spiro atoms. The van der Waals surface area contributed by atoms with Crippen molar-refractivity contribution in [2.45, 2.75) is 52.4 Å². The molecule has 1 amide bonds. The molecule has 0 radical (unpaired) electrons. The van der Waals surface area contributed by atoms with Gasteiger partial charge in [0.05, 0.1) is 18.8 Å². The van der Waals surface area contributed by atoms with Gasteiger partial charge in [-0.2, -0.15) is 0 Å². The topological polar surface area (TPSA) is 41.6 Å². The fourth-order valence-corrected chi connectivity index (χ4v) is 2.62. The monoisotopic (exact) mass is 290 g/mol. The van der Waals surface area contributed by atoms with Gasteiger partial charge in [-0.3, -0.25) is 10.1 Å². The summed E-state index contributed by atoms with van der Waals surface area (Å²) in [6.07, 6.45) is 0.956. The van der Waals surface area contributed by atoms with E-state index in [1.807, 2.05) is 25.7 Å². The van der Waals surface area contributed by atoms with Crippen LogP contribution in [0.4, 0.5) is 0 Å². The van der Waals surface area contributed by atoms with Crippen LogP contribution in [0.2, 0.25) is 0 Å². The summed E-state index contributed by atoms with van der Waals surface area (Å²) in [6.45, 7) is 9.33. The molecule has 116 valence electrons. The minimum atomic E-state index is -0.0876. The second kappa shape index (κ2) is 7.05. The summed E-state index contributed by atoms with van der Waals surface area (Å²) in [5, 5.41) is 3.44. The molecule has 4 heteroatoms. The van der Waals surface area contributed by atoms with Crippen molar-refractivity contribution in [1.29, 1.82) is 0 Å². The molecule has 0 aromatic heterocycles. The normalized spacial score (nSPS) is 22.3. The standard InChI is InChI=1S/C17H26N2O2/c1-5-15-17(20)19(10-11-21-12(2)3)16(18-15)14-8-6-13(4)7-9-14/h6-9,12,15-16,18H,5,10-11H2,1-4H3. The summed E-state index contributed by atoms with van der Waals surface area (Å²) < 4.78 is 5.60. The molecule has 1 fully saturated rings. The molecule has 1 aromatic rings. The van der Waals surface area contributed by atoms with Crippen LogP contribution >= 0.6 is 0 Å². The zero-order valence-corrected chi connectivity index (χ0v) is 13.4. The number of carbonyl (C=O) groups excluding carboxylic acids is 1. The lowest BCUT2D eigenvalue weighted by Crippen LogP contribution is -2.34. The van der Waals surface area contributed by atoms with Crippen LogP contribution in [0.5, 0.6) is 0 Å². The SMILES string of the molecule is CCC1NC(c2ccc(C)cc2)N(CCOC(C)C)C1=O. The third-order valence-electron chi connectivity index (χ3n) is 3.84. The molecule has 1 saturated heterocycles. The molecule has 1 aromatic carbocycles. The quantitative estimate of drug-likeness (QED) is 0.875. The number of nitrogens with one attached hydrogen (secondary N) is 1. The highest BCUT2D eigenvalue weighted by molar-refractivity contribution is 5.84. The molecule has 1 aliphatic rings. The number of hydrogen-bond acceptors (Lipinski definition) is 3. The van der Waals surface area contributed by atoms with E-state index in [1.54, 1.807) is 0 Å². The second-order valence-electron chi connectivity index (χ2n) is 5.89. The van der Waals surface area contributed by atoms with Gasteiger partial charge in [0, 0.05) is 6.54 Å². The van der Waals surface area contributed by atoms with Crippen LogP contribution < -0.4 is 5.32 Å². The Morgan fingerprint density at radius 1 is 1.29 bits per heavy atom. The number of rotatable bonds is 6. The van der Waals surface area contributed by atoms with Crippen LogP contribution in [-0.2, 0) is 9.53 Å². The van der Waals surface area contributed by atoms with Gasteiger partial charge in [0.15, 0.2) is 0 Å². The largest absolute Gasteiger partial charge is 0.377 e. The first-order chi connectivity index (χ1) is 10.0. The number of ether oxygens (including phenoxy) is 1. The summed E-state index contributed by atoms with van der Waals surface area (Å²) in [6, 6.07) is 8.27. The number of nitrogens with zero attached hydrogens (tertiary/aromatic N) is 1. The van der Waals surface area contributed by atoms with Gasteiger partial charge in [-0.05, 0) is 32.8 Å². The fourth-order valence-electron chi connectivity index (χ4n) is 2.62. The van der Waals surface area contributed by atoms with Crippen LogP contribution in [0, 0.1) is 6.92 Å². The Kier molecular flexibility index (Phi) is 5.37. The van der Waals surface area contributed by atoms with Crippen molar-refractivity contribution in [2.24, 2.45) is 0 Å². The van der Waals surface area contributed by atoms with E-state index in [0.29, 0.717) is 13.2 Å². The third-order valence-corrected chi connectivity index (χ3v) is 3.84. The smallest absolute Gasteiger partial charge is 0.241 e. The van der Waals surface area contributed by atoms with Gasteiger partial charge in [-0.1, -0.05) is 36.8 Å². The van der Waals surface area contributed by atoms with Crippen LogP contribution in [0.3, 0.4) is 0 Å². The van der Waals surface area contributed by atoms with Crippen LogP contribution in [0.1, 0.15) is 44.5 Å². The molecule has 0 bridgehead atoms. The molecule has 0 saturated carbocycles. The Balaban J connectivity index is 2.12. The fraction of sp³-hybridized carbons (Fsp3) is 0.588. The summed E-state index contributed by atoms with van der Waals surface area (Å²) in [4.78, 5) is 14.4. The van der Waals surface area contributed by atoms with Crippen LogP contribution in [0.15, 0.2) is 24.3 Å². The molecule has 2 rings (SSSR count). The first-order valence-corrected chi connectivity index (χ1v) is 7.77. The average molecular weight is 290 g/mol. The molecule has 2 unspecified atom stereocenters. The third kappa shape index (κ3) is 3.83. The van der Waals surface area contributed by atoms with Gasteiger partial charge in [0.1, 0.15) is 6.17 Å². The maximum absolute atomic E-state index is 12.5. The lowest BCUT2D eigenvalue weighted by Gasteiger charge is -2.25.